The third-order valence-corrected chi connectivity index (χ3v) is 6.29. The molecule has 0 fully saturated rings. The number of rotatable bonds is 7. The van der Waals surface area contributed by atoms with E-state index in [1.807, 2.05) is 13.8 Å². The van der Waals surface area contributed by atoms with Crippen molar-refractivity contribution in [2.45, 2.75) is 20.3 Å². The number of hydrogen-bond acceptors (Lipinski definition) is 5. The summed E-state index contributed by atoms with van der Waals surface area (Å²) in [5.41, 5.74) is 0. The van der Waals surface area contributed by atoms with E-state index in [-0.39, 0.29) is 12.6 Å². The highest BCUT2D eigenvalue weighted by Gasteiger charge is 2.30. The summed E-state index contributed by atoms with van der Waals surface area (Å²) in [6, 6.07) is 0. The van der Waals surface area contributed by atoms with E-state index in [0.717, 1.165) is 0 Å². The van der Waals surface area contributed by atoms with Gasteiger partial charge in [0.1, 0.15) is 0 Å². The van der Waals surface area contributed by atoms with Gasteiger partial charge in [-0.05, 0) is 12.3 Å². The first-order chi connectivity index (χ1) is 7.92. The lowest BCUT2D eigenvalue weighted by molar-refractivity contribution is -0.151. The molecule has 0 spiro atoms. The van der Waals surface area contributed by atoms with Crippen molar-refractivity contribution in [3.63, 3.8) is 0 Å². The first-order valence-electron chi connectivity index (χ1n) is 5.64. The Bertz CT molecular complexity index is 305. The van der Waals surface area contributed by atoms with Crippen molar-refractivity contribution in [3.8, 4) is 0 Å². The molecule has 0 aliphatic rings. The van der Waals surface area contributed by atoms with Crippen molar-refractivity contribution in [1.29, 1.82) is 0 Å². The summed E-state index contributed by atoms with van der Waals surface area (Å²) in [7, 11) is 0.140. The van der Waals surface area contributed by atoms with Crippen molar-refractivity contribution >= 4 is 19.1 Å². The molecule has 0 heterocycles. The zero-order valence-corrected chi connectivity index (χ0v) is 11.8. The van der Waals surface area contributed by atoms with Crippen molar-refractivity contribution in [2.24, 2.45) is 5.92 Å². The molecule has 0 rings (SSSR count). The van der Waals surface area contributed by atoms with E-state index in [4.69, 9.17) is 0 Å². The molecule has 0 aromatic rings. The molecule has 0 radical (unpaired) electrons. The predicted octanol–water partition coefficient (Wildman–Crippen LogP) is 1.74. The third-order valence-electron chi connectivity index (χ3n) is 2.88. The molecule has 100 valence electrons. The Hall–Kier alpha value is -0.830. The molecular weight excluding hydrogens is 243 g/mol. The van der Waals surface area contributed by atoms with Gasteiger partial charge < -0.3 is 14.0 Å². The van der Waals surface area contributed by atoms with Gasteiger partial charge >= 0.3 is 11.9 Å². The predicted molar refractivity (Wildman–Crippen MR) is 65.7 cm³/mol. The first-order valence-corrected chi connectivity index (χ1v) is 7.90. The Morgan fingerprint density at radius 3 is 2.00 bits per heavy atom. The van der Waals surface area contributed by atoms with Crippen molar-refractivity contribution in [1.82, 2.24) is 0 Å². The summed E-state index contributed by atoms with van der Waals surface area (Å²) in [6.07, 6.45) is 1.19. The summed E-state index contributed by atoms with van der Waals surface area (Å²) >= 11 is 0. The third kappa shape index (κ3) is 5.35. The van der Waals surface area contributed by atoms with Crippen LogP contribution in [0.25, 0.3) is 0 Å². The second kappa shape index (κ2) is 7.49. The molecule has 0 saturated carbocycles. The number of esters is 2. The highest BCUT2D eigenvalue weighted by atomic mass is 31.2. The van der Waals surface area contributed by atoms with Crippen LogP contribution in [0.1, 0.15) is 20.3 Å². The highest BCUT2D eigenvalue weighted by molar-refractivity contribution is 7.63. The van der Waals surface area contributed by atoms with Crippen LogP contribution in [0, 0.1) is 5.92 Å². The minimum atomic E-state index is -2.38. The van der Waals surface area contributed by atoms with Crippen LogP contribution in [0.5, 0.6) is 0 Å². The van der Waals surface area contributed by atoms with Gasteiger partial charge in [-0.2, -0.15) is 0 Å². The van der Waals surface area contributed by atoms with Crippen LogP contribution >= 0.6 is 7.14 Å². The van der Waals surface area contributed by atoms with Crippen molar-refractivity contribution in [2.75, 3.05) is 32.7 Å². The molecule has 1 atom stereocenters. The fourth-order valence-electron chi connectivity index (χ4n) is 1.56. The quantitative estimate of drug-likeness (QED) is 0.517. The summed E-state index contributed by atoms with van der Waals surface area (Å²) in [5, 5.41) is 0. The number of ether oxygens (including phenoxy) is 2. The number of methoxy groups -OCH3 is 2. The van der Waals surface area contributed by atoms with Gasteiger partial charge in [0.2, 0.25) is 0 Å². The number of carbonyl (C=O) groups excluding carboxylic acids is 2. The lowest BCUT2D eigenvalue weighted by Crippen LogP contribution is -2.24. The summed E-state index contributed by atoms with van der Waals surface area (Å²) < 4.78 is 21.4. The summed E-state index contributed by atoms with van der Waals surface area (Å²) in [6.45, 7) is 3.66. The van der Waals surface area contributed by atoms with E-state index in [1.54, 1.807) is 0 Å². The fraction of sp³-hybridized carbons (Fsp3) is 0.818. The Morgan fingerprint density at radius 2 is 1.65 bits per heavy atom. The zero-order chi connectivity index (χ0) is 13.5. The van der Waals surface area contributed by atoms with E-state index in [1.165, 1.54) is 14.2 Å². The molecule has 0 N–H and O–H groups in total. The molecule has 0 bridgehead atoms. The van der Waals surface area contributed by atoms with E-state index < -0.39 is 25.0 Å². The molecule has 0 aliphatic carbocycles. The van der Waals surface area contributed by atoms with Gasteiger partial charge in [0.05, 0.1) is 33.7 Å². The minimum Gasteiger partial charge on any atom is -0.469 e. The van der Waals surface area contributed by atoms with E-state index in [0.29, 0.717) is 12.3 Å². The van der Waals surface area contributed by atoms with Crippen LogP contribution in [0.15, 0.2) is 0 Å². The number of carbonyl (C=O) groups is 2. The average molecular weight is 264 g/mol. The maximum atomic E-state index is 12.3. The maximum absolute atomic E-state index is 12.3. The van der Waals surface area contributed by atoms with Crippen LogP contribution < -0.4 is 0 Å². The van der Waals surface area contributed by atoms with E-state index in [2.05, 4.69) is 9.47 Å². The largest absolute Gasteiger partial charge is 0.469 e. The lowest BCUT2D eigenvalue weighted by Gasteiger charge is -2.19. The second-order valence-electron chi connectivity index (χ2n) is 3.87. The smallest absolute Gasteiger partial charge is 0.309 e. The van der Waals surface area contributed by atoms with Crippen LogP contribution in [0.4, 0.5) is 0 Å². The van der Waals surface area contributed by atoms with Gasteiger partial charge in [0.25, 0.3) is 0 Å². The van der Waals surface area contributed by atoms with E-state index >= 15 is 0 Å². The SMILES string of the molecule is CCP(=O)(CC)CC(CC(=O)OC)C(=O)OC. The monoisotopic (exact) mass is 264 g/mol. The molecule has 6 heteroatoms. The van der Waals surface area contributed by atoms with Gasteiger partial charge in [-0.25, -0.2) is 0 Å². The van der Waals surface area contributed by atoms with Gasteiger partial charge in [0, 0.05) is 6.16 Å². The Labute approximate surface area is 102 Å². The maximum Gasteiger partial charge on any atom is 0.309 e. The normalized spacial score (nSPS) is 12.9. The van der Waals surface area contributed by atoms with Gasteiger partial charge in [-0.15, -0.1) is 0 Å². The summed E-state index contributed by atoms with van der Waals surface area (Å²) in [5.74, 6) is -1.66. The molecule has 0 aromatic carbocycles. The van der Waals surface area contributed by atoms with Crippen molar-refractivity contribution in [3.05, 3.63) is 0 Å². The highest BCUT2D eigenvalue weighted by Crippen LogP contribution is 2.47. The number of hydrogen-bond donors (Lipinski definition) is 0. The second-order valence-corrected chi connectivity index (χ2v) is 7.62. The fourth-order valence-corrected chi connectivity index (χ4v) is 3.60. The zero-order valence-electron chi connectivity index (χ0n) is 10.9. The molecule has 0 saturated heterocycles. The van der Waals surface area contributed by atoms with Crippen LogP contribution in [0.3, 0.4) is 0 Å². The van der Waals surface area contributed by atoms with Gasteiger partial charge in [-0.3, -0.25) is 9.59 Å². The molecule has 0 amide bonds. The Balaban J connectivity index is 4.76. The molecule has 0 aliphatic heterocycles. The van der Waals surface area contributed by atoms with Crippen molar-refractivity contribution < 1.29 is 23.6 Å². The molecule has 17 heavy (non-hydrogen) atoms. The van der Waals surface area contributed by atoms with Crippen LogP contribution in [0.2, 0.25) is 0 Å². The van der Waals surface area contributed by atoms with E-state index in [9.17, 15) is 14.2 Å². The topological polar surface area (TPSA) is 69.7 Å². The molecule has 1 unspecified atom stereocenters. The molecule has 5 nitrogen and oxygen atoms in total. The van der Waals surface area contributed by atoms with Gasteiger partial charge in [-0.1, -0.05) is 13.8 Å². The lowest BCUT2D eigenvalue weighted by atomic mass is 10.1. The molecule has 0 aromatic heterocycles. The Morgan fingerprint density at radius 1 is 1.12 bits per heavy atom. The Kier molecular flexibility index (Phi) is 7.12. The summed E-state index contributed by atoms with van der Waals surface area (Å²) in [4.78, 5) is 22.7. The standard InChI is InChI=1S/C11H21O5P/c1-5-17(14,6-2)8-9(11(13)16-4)7-10(12)15-3/h9H,5-8H2,1-4H3. The first kappa shape index (κ1) is 16.2. The van der Waals surface area contributed by atoms with Crippen LogP contribution in [-0.2, 0) is 23.6 Å². The average Bonchev–Trinajstić information content (AvgIpc) is 2.36. The molecular formula is C11H21O5P. The minimum absolute atomic E-state index is 0.0762. The van der Waals surface area contributed by atoms with Gasteiger partial charge in [0.15, 0.2) is 0 Å². The van der Waals surface area contributed by atoms with Crippen LogP contribution in [-0.4, -0.2) is 44.6 Å².